The molecule has 0 aromatic rings. The molecule has 0 aromatic carbocycles. The molecule has 0 aliphatic carbocycles. The maximum Gasteiger partial charge on any atom is 0.0110 e. The van der Waals surface area contributed by atoms with E-state index in [-0.39, 0.29) is 0 Å². The highest BCUT2D eigenvalue weighted by atomic mass is 15.3. The molecule has 1 N–H and O–H groups in total. The minimum atomic E-state index is 0.613. The maximum absolute atomic E-state index is 3.48. The smallest absolute Gasteiger partial charge is 0.0110 e. The highest BCUT2D eigenvalue weighted by Crippen LogP contribution is 2.04. The van der Waals surface area contributed by atoms with E-state index in [4.69, 9.17) is 0 Å². The van der Waals surface area contributed by atoms with Crippen molar-refractivity contribution in [3.63, 3.8) is 0 Å². The van der Waals surface area contributed by atoms with Gasteiger partial charge in [0.15, 0.2) is 0 Å². The zero-order valence-electron chi connectivity index (χ0n) is 11.5. The standard InChI is InChI=1S/C13H29N3/c1-12(2)11-16-9-7-15(8-10-16)6-5-14-13(3)4/h12-14H,5-11H2,1-4H3. The zero-order chi connectivity index (χ0) is 12.0. The van der Waals surface area contributed by atoms with Crippen molar-refractivity contribution in [3.05, 3.63) is 0 Å². The first kappa shape index (κ1) is 13.9. The molecule has 1 saturated heterocycles. The summed E-state index contributed by atoms with van der Waals surface area (Å²) in [6.07, 6.45) is 0. The summed E-state index contributed by atoms with van der Waals surface area (Å²) in [5.41, 5.74) is 0. The van der Waals surface area contributed by atoms with Crippen LogP contribution in [0.3, 0.4) is 0 Å². The van der Waals surface area contributed by atoms with Crippen LogP contribution in [0, 0.1) is 5.92 Å². The van der Waals surface area contributed by atoms with E-state index in [0.29, 0.717) is 6.04 Å². The monoisotopic (exact) mass is 227 g/mol. The summed E-state index contributed by atoms with van der Waals surface area (Å²) in [6, 6.07) is 0.613. The summed E-state index contributed by atoms with van der Waals surface area (Å²) < 4.78 is 0. The zero-order valence-corrected chi connectivity index (χ0v) is 11.5. The number of nitrogens with zero attached hydrogens (tertiary/aromatic N) is 2. The highest BCUT2D eigenvalue weighted by molar-refractivity contribution is 4.73. The van der Waals surface area contributed by atoms with Gasteiger partial charge in [-0.3, -0.25) is 4.90 Å². The molecule has 3 heteroatoms. The summed E-state index contributed by atoms with van der Waals surface area (Å²) >= 11 is 0. The van der Waals surface area contributed by atoms with Gasteiger partial charge >= 0.3 is 0 Å². The maximum atomic E-state index is 3.48. The molecule has 0 spiro atoms. The predicted molar refractivity (Wildman–Crippen MR) is 70.9 cm³/mol. The topological polar surface area (TPSA) is 18.5 Å². The number of rotatable bonds is 6. The van der Waals surface area contributed by atoms with E-state index < -0.39 is 0 Å². The van der Waals surface area contributed by atoms with E-state index in [1.807, 2.05) is 0 Å². The fourth-order valence-corrected chi connectivity index (χ4v) is 2.22. The minimum absolute atomic E-state index is 0.613. The van der Waals surface area contributed by atoms with Crippen LogP contribution in [-0.2, 0) is 0 Å². The molecule has 1 rings (SSSR count). The Kier molecular flexibility index (Phi) is 6.32. The Labute approximate surface area is 101 Å². The van der Waals surface area contributed by atoms with Crippen LogP contribution < -0.4 is 5.32 Å². The molecular weight excluding hydrogens is 198 g/mol. The molecule has 3 nitrogen and oxygen atoms in total. The molecule has 0 radical (unpaired) electrons. The molecule has 16 heavy (non-hydrogen) atoms. The van der Waals surface area contributed by atoms with Gasteiger partial charge in [0.1, 0.15) is 0 Å². The summed E-state index contributed by atoms with van der Waals surface area (Å²) in [5.74, 6) is 0.800. The molecule has 1 aliphatic rings. The predicted octanol–water partition coefficient (Wildman–Crippen LogP) is 1.26. The van der Waals surface area contributed by atoms with Crippen LogP contribution in [-0.4, -0.2) is 61.7 Å². The Balaban J connectivity index is 2.07. The van der Waals surface area contributed by atoms with Crippen molar-refractivity contribution in [3.8, 4) is 0 Å². The van der Waals surface area contributed by atoms with Crippen molar-refractivity contribution in [1.82, 2.24) is 15.1 Å². The average molecular weight is 227 g/mol. The Hall–Kier alpha value is -0.120. The van der Waals surface area contributed by atoms with E-state index in [2.05, 4.69) is 42.8 Å². The van der Waals surface area contributed by atoms with Crippen LogP contribution in [0.1, 0.15) is 27.7 Å². The van der Waals surface area contributed by atoms with E-state index in [1.165, 1.54) is 39.3 Å². The molecule has 0 aromatic heterocycles. The largest absolute Gasteiger partial charge is 0.313 e. The molecular formula is C13H29N3. The van der Waals surface area contributed by atoms with Crippen molar-refractivity contribution in [1.29, 1.82) is 0 Å². The second-order valence-electron chi connectivity index (χ2n) is 5.64. The Morgan fingerprint density at radius 2 is 1.50 bits per heavy atom. The average Bonchev–Trinajstić information content (AvgIpc) is 2.19. The van der Waals surface area contributed by atoms with Gasteiger partial charge in [0, 0.05) is 51.9 Å². The molecule has 0 bridgehead atoms. The number of piperazine rings is 1. The van der Waals surface area contributed by atoms with Gasteiger partial charge < -0.3 is 10.2 Å². The summed E-state index contributed by atoms with van der Waals surface area (Å²) in [7, 11) is 0. The van der Waals surface area contributed by atoms with Crippen molar-refractivity contribution in [2.24, 2.45) is 5.92 Å². The highest BCUT2D eigenvalue weighted by Gasteiger charge is 2.16. The van der Waals surface area contributed by atoms with Gasteiger partial charge in [-0.2, -0.15) is 0 Å². The fraction of sp³-hybridized carbons (Fsp3) is 1.00. The van der Waals surface area contributed by atoms with Crippen molar-refractivity contribution in [2.75, 3.05) is 45.8 Å². The van der Waals surface area contributed by atoms with Gasteiger partial charge in [0.2, 0.25) is 0 Å². The van der Waals surface area contributed by atoms with Crippen LogP contribution >= 0.6 is 0 Å². The molecule has 0 amide bonds. The minimum Gasteiger partial charge on any atom is -0.313 e. The SMILES string of the molecule is CC(C)CN1CCN(CCNC(C)C)CC1. The van der Waals surface area contributed by atoms with E-state index in [1.54, 1.807) is 0 Å². The molecule has 1 aliphatic heterocycles. The van der Waals surface area contributed by atoms with Gasteiger partial charge in [0.25, 0.3) is 0 Å². The second-order valence-corrected chi connectivity index (χ2v) is 5.64. The molecule has 0 saturated carbocycles. The van der Waals surface area contributed by atoms with E-state index in [9.17, 15) is 0 Å². The third-order valence-electron chi connectivity index (χ3n) is 3.07. The van der Waals surface area contributed by atoms with Gasteiger partial charge in [0.05, 0.1) is 0 Å². The molecule has 0 unspecified atom stereocenters. The summed E-state index contributed by atoms with van der Waals surface area (Å²) in [6.45, 7) is 17.6. The van der Waals surface area contributed by atoms with Gasteiger partial charge in [-0.15, -0.1) is 0 Å². The molecule has 1 fully saturated rings. The Morgan fingerprint density at radius 3 is 2.00 bits per heavy atom. The first-order valence-corrected chi connectivity index (χ1v) is 6.76. The van der Waals surface area contributed by atoms with Crippen LogP contribution in [0.15, 0.2) is 0 Å². The third-order valence-corrected chi connectivity index (χ3v) is 3.07. The number of hydrogen-bond acceptors (Lipinski definition) is 3. The van der Waals surface area contributed by atoms with E-state index >= 15 is 0 Å². The van der Waals surface area contributed by atoms with Crippen molar-refractivity contribution < 1.29 is 0 Å². The van der Waals surface area contributed by atoms with Crippen LogP contribution in [0.2, 0.25) is 0 Å². The second kappa shape index (κ2) is 7.25. The lowest BCUT2D eigenvalue weighted by molar-refractivity contribution is 0.122. The van der Waals surface area contributed by atoms with Crippen molar-refractivity contribution >= 4 is 0 Å². The summed E-state index contributed by atoms with van der Waals surface area (Å²) in [5, 5.41) is 3.48. The quantitative estimate of drug-likeness (QED) is 0.737. The first-order chi connectivity index (χ1) is 7.58. The van der Waals surface area contributed by atoms with Gasteiger partial charge in [-0.25, -0.2) is 0 Å². The lowest BCUT2D eigenvalue weighted by Crippen LogP contribution is -2.49. The lowest BCUT2D eigenvalue weighted by Gasteiger charge is -2.35. The lowest BCUT2D eigenvalue weighted by atomic mass is 10.2. The third kappa shape index (κ3) is 5.83. The normalized spacial score (nSPS) is 19.9. The summed E-state index contributed by atoms with van der Waals surface area (Å²) in [4.78, 5) is 5.17. The van der Waals surface area contributed by atoms with Crippen LogP contribution in [0.4, 0.5) is 0 Å². The molecule has 1 heterocycles. The number of hydrogen-bond donors (Lipinski definition) is 1. The molecule has 0 atom stereocenters. The van der Waals surface area contributed by atoms with Gasteiger partial charge in [-0.1, -0.05) is 27.7 Å². The first-order valence-electron chi connectivity index (χ1n) is 6.76. The van der Waals surface area contributed by atoms with Gasteiger partial charge in [-0.05, 0) is 5.92 Å². The van der Waals surface area contributed by atoms with Crippen LogP contribution in [0.25, 0.3) is 0 Å². The Morgan fingerprint density at radius 1 is 0.938 bits per heavy atom. The number of nitrogens with one attached hydrogen (secondary N) is 1. The van der Waals surface area contributed by atoms with Crippen molar-refractivity contribution in [2.45, 2.75) is 33.7 Å². The van der Waals surface area contributed by atoms with Crippen LogP contribution in [0.5, 0.6) is 0 Å². The fourth-order valence-electron chi connectivity index (χ4n) is 2.22. The Bertz CT molecular complexity index is 172. The molecule has 96 valence electrons. The van der Waals surface area contributed by atoms with E-state index in [0.717, 1.165) is 12.5 Å².